The van der Waals surface area contributed by atoms with Crippen LogP contribution in [-0.2, 0) is 0 Å². The highest BCUT2D eigenvalue weighted by molar-refractivity contribution is 6.08. The van der Waals surface area contributed by atoms with E-state index in [4.69, 9.17) is 9.47 Å². The van der Waals surface area contributed by atoms with E-state index in [0.29, 0.717) is 39.7 Å². The van der Waals surface area contributed by atoms with Gasteiger partial charge in [-0.1, -0.05) is 18.2 Å². The summed E-state index contributed by atoms with van der Waals surface area (Å²) in [6, 6.07) is 23.8. The van der Waals surface area contributed by atoms with Crippen molar-refractivity contribution in [3.05, 3.63) is 109 Å². The molecule has 1 amide bonds. The zero-order valence-electron chi connectivity index (χ0n) is 19.2. The number of ether oxygens (including phenoxy) is 2. The van der Waals surface area contributed by atoms with Crippen molar-refractivity contribution in [3.8, 4) is 17.2 Å². The second kappa shape index (κ2) is 10.1. The molecule has 0 aliphatic rings. The first-order chi connectivity index (χ1) is 17.6. The topological polar surface area (TPSA) is 85.4 Å². The second-order valence-corrected chi connectivity index (χ2v) is 7.81. The van der Waals surface area contributed by atoms with E-state index in [1.807, 2.05) is 30.3 Å². The van der Waals surface area contributed by atoms with Crippen molar-refractivity contribution in [2.45, 2.75) is 0 Å². The molecule has 0 spiro atoms. The molecule has 3 aromatic carbocycles. The number of aromatic nitrogens is 2. The third-order valence-corrected chi connectivity index (χ3v) is 5.37. The monoisotopic (exact) mass is 480 g/mol. The molecule has 2 aromatic heterocycles. The van der Waals surface area contributed by atoms with E-state index in [9.17, 15) is 9.18 Å². The molecule has 0 saturated carbocycles. The van der Waals surface area contributed by atoms with Crippen LogP contribution in [-0.4, -0.2) is 23.0 Å². The lowest BCUT2D eigenvalue weighted by molar-refractivity contribution is 0.102. The molecule has 5 aromatic rings. The lowest BCUT2D eigenvalue weighted by Crippen LogP contribution is -2.14. The molecule has 0 fully saturated rings. The van der Waals surface area contributed by atoms with Crippen molar-refractivity contribution in [1.29, 1.82) is 0 Å². The Kier molecular flexibility index (Phi) is 6.40. The number of para-hydroxylation sites is 1. The third-order valence-electron chi connectivity index (χ3n) is 5.37. The maximum atomic E-state index is 14.0. The van der Waals surface area contributed by atoms with Crippen LogP contribution in [0.1, 0.15) is 10.4 Å². The van der Waals surface area contributed by atoms with E-state index >= 15 is 0 Å². The van der Waals surface area contributed by atoms with Gasteiger partial charge in [-0.05, 0) is 54.6 Å². The number of pyridine rings is 2. The highest BCUT2D eigenvalue weighted by Crippen LogP contribution is 2.30. The molecule has 36 heavy (non-hydrogen) atoms. The van der Waals surface area contributed by atoms with Crippen molar-refractivity contribution in [1.82, 2.24) is 9.97 Å². The Bertz CT molecular complexity index is 1530. The first-order valence-corrected chi connectivity index (χ1v) is 11.1. The van der Waals surface area contributed by atoms with E-state index in [-0.39, 0.29) is 5.56 Å². The van der Waals surface area contributed by atoms with Gasteiger partial charge in [0, 0.05) is 29.7 Å². The average molecular weight is 480 g/mol. The lowest BCUT2D eigenvalue weighted by Gasteiger charge is -2.13. The molecule has 0 saturated heterocycles. The lowest BCUT2D eigenvalue weighted by atomic mass is 10.1. The van der Waals surface area contributed by atoms with Crippen LogP contribution >= 0.6 is 0 Å². The summed E-state index contributed by atoms with van der Waals surface area (Å²) in [4.78, 5) is 21.7. The number of carbonyl (C=O) groups excluding carboxylic acids is 1. The number of rotatable bonds is 7. The minimum absolute atomic E-state index is 0.184. The standard InChI is InChI=1S/C28H21FN4O3/c1-35-22-16-25-27(31-17-22)26(13-14-30-25)36-21-10-8-20(9-11-21)33-28(34)23-15-18(29)7-12-24(23)32-19-5-3-2-4-6-19/h2-17,32H,1H3,(H,33,34). The number of benzene rings is 3. The summed E-state index contributed by atoms with van der Waals surface area (Å²) < 4.78 is 25.2. The summed E-state index contributed by atoms with van der Waals surface area (Å²) in [7, 11) is 1.57. The molecule has 2 heterocycles. The van der Waals surface area contributed by atoms with Gasteiger partial charge in [-0.15, -0.1) is 0 Å². The van der Waals surface area contributed by atoms with E-state index in [1.54, 1.807) is 55.9 Å². The highest BCUT2D eigenvalue weighted by atomic mass is 19.1. The molecule has 7 nitrogen and oxygen atoms in total. The van der Waals surface area contributed by atoms with Gasteiger partial charge in [-0.3, -0.25) is 9.78 Å². The van der Waals surface area contributed by atoms with Crippen LogP contribution in [0.25, 0.3) is 11.0 Å². The molecular formula is C28H21FN4O3. The van der Waals surface area contributed by atoms with Gasteiger partial charge in [0.05, 0.1) is 30.1 Å². The molecule has 8 heteroatoms. The molecular weight excluding hydrogens is 459 g/mol. The maximum absolute atomic E-state index is 14.0. The Hall–Kier alpha value is -4.98. The number of anilines is 3. The van der Waals surface area contributed by atoms with Gasteiger partial charge in [-0.25, -0.2) is 9.37 Å². The van der Waals surface area contributed by atoms with Gasteiger partial charge in [0.15, 0.2) is 5.75 Å². The first-order valence-electron chi connectivity index (χ1n) is 11.1. The van der Waals surface area contributed by atoms with Crippen LogP contribution in [0.3, 0.4) is 0 Å². The quantitative estimate of drug-likeness (QED) is 0.274. The second-order valence-electron chi connectivity index (χ2n) is 7.81. The largest absolute Gasteiger partial charge is 0.495 e. The van der Waals surface area contributed by atoms with Gasteiger partial charge < -0.3 is 20.1 Å². The Morgan fingerprint density at radius 1 is 0.861 bits per heavy atom. The van der Waals surface area contributed by atoms with Crippen molar-refractivity contribution in [2.75, 3.05) is 17.7 Å². The van der Waals surface area contributed by atoms with E-state index in [1.165, 1.54) is 18.2 Å². The van der Waals surface area contributed by atoms with Crippen molar-refractivity contribution >= 4 is 34.0 Å². The molecule has 0 bridgehead atoms. The third kappa shape index (κ3) is 5.07. The van der Waals surface area contributed by atoms with Crippen molar-refractivity contribution < 1.29 is 18.7 Å². The van der Waals surface area contributed by atoms with Crippen LogP contribution < -0.4 is 20.1 Å². The molecule has 0 aliphatic heterocycles. The zero-order valence-corrected chi connectivity index (χ0v) is 19.2. The summed E-state index contributed by atoms with van der Waals surface area (Å²) in [6.07, 6.45) is 3.23. The van der Waals surface area contributed by atoms with E-state index in [2.05, 4.69) is 20.6 Å². The van der Waals surface area contributed by atoms with Crippen LogP contribution in [0, 0.1) is 5.82 Å². The zero-order chi connectivity index (χ0) is 24.9. The summed E-state index contributed by atoms with van der Waals surface area (Å²) in [5, 5.41) is 5.97. The van der Waals surface area contributed by atoms with Gasteiger partial charge in [0.2, 0.25) is 0 Å². The SMILES string of the molecule is COc1cnc2c(Oc3ccc(NC(=O)c4cc(F)ccc4Nc4ccccc4)cc3)ccnc2c1. The number of methoxy groups -OCH3 is 1. The van der Waals surface area contributed by atoms with Gasteiger partial charge in [0.1, 0.15) is 22.8 Å². The molecule has 5 rings (SSSR count). The van der Waals surface area contributed by atoms with Crippen LogP contribution in [0.5, 0.6) is 17.2 Å². The Labute approximate surface area is 206 Å². The Morgan fingerprint density at radius 3 is 2.44 bits per heavy atom. The predicted octanol–water partition coefficient (Wildman–Crippen LogP) is 6.57. The molecule has 0 radical (unpaired) electrons. The number of amides is 1. The molecule has 0 unspecified atom stereocenters. The Balaban J connectivity index is 1.32. The number of nitrogens with zero attached hydrogens (tertiary/aromatic N) is 2. The van der Waals surface area contributed by atoms with E-state index < -0.39 is 11.7 Å². The Morgan fingerprint density at radius 2 is 1.67 bits per heavy atom. The normalized spacial score (nSPS) is 10.6. The fourth-order valence-electron chi connectivity index (χ4n) is 3.60. The molecule has 2 N–H and O–H groups in total. The van der Waals surface area contributed by atoms with E-state index in [0.717, 1.165) is 5.69 Å². The first kappa shape index (κ1) is 22.8. The summed E-state index contributed by atoms with van der Waals surface area (Å²) in [5.74, 6) is 0.747. The van der Waals surface area contributed by atoms with Gasteiger partial charge >= 0.3 is 0 Å². The summed E-state index contributed by atoms with van der Waals surface area (Å²) >= 11 is 0. The fraction of sp³-hybridized carbons (Fsp3) is 0.0357. The van der Waals surface area contributed by atoms with Gasteiger partial charge in [-0.2, -0.15) is 0 Å². The van der Waals surface area contributed by atoms with Crippen LogP contribution in [0.15, 0.2) is 97.3 Å². The maximum Gasteiger partial charge on any atom is 0.257 e. The number of hydrogen-bond donors (Lipinski definition) is 2. The number of hydrogen-bond acceptors (Lipinski definition) is 6. The summed E-state index contributed by atoms with van der Waals surface area (Å²) in [6.45, 7) is 0. The predicted molar refractivity (Wildman–Crippen MR) is 137 cm³/mol. The molecule has 178 valence electrons. The minimum Gasteiger partial charge on any atom is -0.495 e. The fourth-order valence-corrected chi connectivity index (χ4v) is 3.60. The highest BCUT2D eigenvalue weighted by Gasteiger charge is 2.14. The van der Waals surface area contributed by atoms with Crippen molar-refractivity contribution in [2.24, 2.45) is 0 Å². The number of halogens is 1. The number of fused-ring (bicyclic) bond motifs is 1. The summed E-state index contributed by atoms with van der Waals surface area (Å²) in [5.41, 5.74) is 3.24. The van der Waals surface area contributed by atoms with Crippen LogP contribution in [0.2, 0.25) is 0 Å². The molecule has 0 atom stereocenters. The van der Waals surface area contributed by atoms with Crippen molar-refractivity contribution in [3.63, 3.8) is 0 Å². The number of carbonyl (C=O) groups is 1. The van der Waals surface area contributed by atoms with Crippen LogP contribution in [0.4, 0.5) is 21.5 Å². The minimum atomic E-state index is -0.502. The molecule has 0 aliphatic carbocycles. The van der Waals surface area contributed by atoms with Gasteiger partial charge in [0.25, 0.3) is 5.91 Å². The smallest absolute Gasteiger partial charge is 0.257 e. The average Bonchev–Trinajstić information content (AvgIpc) is 2.91. The number of nitrogens with one attached hydrogen (secondary N) is 2.